The Hall–Kier alpha value is -17.0. The molecule has 22 rings (SSSR count). The maximum absolute atomic E-state index is 13.6. The van der Waals surface area contributed by atoms with Gasteiger partial charge in [0.2, 0.25) is 0 Å². The van der Waals surface area contributed by atoms with E-state index in [1.54, 1.807) is 18.2 Å². The molecule has 0 saturated carbocycles. The molecule has 0 amide bonds. The number of hydrogen-bond acceptors (Lipinski definition) is 12. The smallest absolute Gasteiger partial charge is 0.345 e. The summed E-state index contributed by atoms with van der Waals surface area (Å²) in [5, 5.41) is 5.84. The molecule has 0 radical (unpaired) electrons. The van der Waals surface area contributed by atoms with Crippen molar-refractivity contribution in [3.05, 3.63) is 570 Å². The van der Waals surface area contributed by atoms with E-state index in [0.29, 0.717) is 22.3 Å². The number of ether oxygens (including phenoxy) is 6. The predicted octanol–water partition coefficient (Wildman–Crippen LogP) is 29.4. The summed E-state index contributed by atoms with van der Waals surface area (Å²) in [5.74, 6) is -2.47. The molecule has 5 aliphatic rings. The Balaban J connectivity index is 0.000000120. The van der Waals surface area contributed by atoms with E-state index in [9.17, 15) is 28.8 Å². The van der Waals surface area contributed by atoms with Crippen LogP contribution in [-0.4, -0.2) is 42.4 Å². The number of hydrogen-bond donors (Lipinski definition) is 0. The van der Waals surface area contributed by atoms with Crippen molar-refractivity contribution in [1.82, 2.24) is 0 Å². The van der Waals surface area contributed by atoms with Gasteiger partial charge in [-0.15, -0.1) is 0 Å². The van der Waals surface area contributed by atoms with Crippen LogP contribution >= 0.6 is 0 Å². The molecule has 0 atom stereocenters. The first-order valence-electron chi connectivity index (χ1n) is 49.8. The van der Waals surface area contributed by atoms with Crippen molar-refractivity contribution in [2.45, 2.75) is 134 Å². The topological polar surface area (TPSA) is 158 Å². The molecule has 0 saturated heterocycles. The molecule has 0 unspecified atom stereocenters. The molecular weight excluding hydrogens is 1800 g/mol. The fourth-order valence-corrected chi connectivity index (χ4v) is 21.8. The molecule has 0 aromatic heterocycles. The summed E-state index contributed by atoms with van der Waals surface area (Å²) in [5.41, 5.74) is 24.7. The third kappa shape index (κ3) is 20.2. The van der Waals surface area contributed by atoms with Gasteiger partial charge >= 0.3 is 35.8 Å². The molecular formula is C134H116O12. The zero-order chi connectivity index (χ0) is 102. The molecule has 0 N–H and O–H groups in total. The van der Waals surface area contributed by atoms with E-state index in [4.69, 9.17) is 28.4 Å². The summed E-state index contributed by atoms with van der Waals surface area (Å²) in [6.07, 6.45) is 16.4. The third-order valence-electron chi connectivity index (χ3n) is 29.3. The van der Waals surface area contributed by atoms with E-state index < -0.39 is 46.6 Å². The minimum atomic E-state index is -0.934. The number of fused-ring (bicyclic) bond motifs is 13. The number of benzene rings is 17. The largest absolute Gasteiger partial charge is 0.450 e. The monoisotopic (exact) mass is 1920 g/mol. The quantitative estimate of drug-likeness (QED) is 0.0513. The number of carbonyl (C=O) groups excluding carboxylic acids is 6. The zero-order valence-electron chi connectivity index (χ0n) is 83.3. The minimum absolute atomic E-state index is 0.245. The van der Waals surface area contributed by atoms with Crippen molar-refractivity contribution in [1.29, 1.82) is 0 Å². The van der Waals surface area contributed by atoms with Gasteiger partial charge < -0.3 is 28.4 Å². The van der Waals surface area contributed by atoms with Crippen LogP contribution in [0.25, 0.3) is 56.6 Å². The molecule has 0 heterocycles. The van der Waals surface area contributed by atoms with Crippen LogP contribution < -0.4 is 0 Å². The van der Waals surface area contributed by atoms with Crippen molar-refractivity contribution < 1.29 is 57.2 Å². The van der Waals surface area contributed by atoms with Crippen LogP contribution in [0.3, 0.4) is 0 Å². The van der Waals surface area contributed by atoms with Crippen LogP contribution in [0.1, 0.15) is 216 Å². The van der Waals surface area contributed by atoms with E-state index in [2.05, 4.69) is 185 Å². The molecule has 0 bridgehead atoms. The van der Waals surface area contributed by atoms with E-state index in [1.807, 2.05) is 265 Å². The molecule has 0 spiro atoms. The lowest BCUT2D eigenvalue weighted by atomic mass is 9.84. The summed E-state index contributed by atoms with van der Waals surface area (Å²) in [6, 6.07) is 125. The molecule has 17 aromatic rings. The highest BCUT2D eigenvalue weighted by molar-refractivity contribution is 6.08. The number of carbonyl (C=O) groups is 6. The number of esters is 6. The fraction of sp³-hybridized carbons (Fsp3) is 0.164. The van der Waals surface area contributed by atoms with Gasteiger partial charge in [0.1, 0.15) is 0 Å². The molecule has 0 fully saturated rings. The van der Waals surface area contributed by atoms with Crippen molar-refractivity contribution >= 4 is 92.4 Å². The summed E-state index contributed by atoms with van der Waals surface area (Å²) >= 11 is 0. The van der Waals surface area contributed by atoms with Crippen molar-refractivity contribution in [3.8, 4) is 0 Å². The van der Waals surface area contributed by atoms with Crippen LogP contribution in [0.2, 0.25) is 0 Å². The van der Waals surface area contributed by atoms with Gasteiger partial charge in [0, 0.05) is 61.2 Å². The molecule has 0 aliphatic heterocycles. The second-order valence-corrected chi connectivity index (χ2v) is 38.4. The van der Waals surface area contributed by atoms with E-state index in [0.717, 1.165) is 186 Å². The normalized spacial score (nSPS) is 14.3. The van der Waals surface area contributed by atoms with Crippen LogP contribution in [0.5, 0.6) is 0 Å². The van der Waals surface area contributed by atoms with Crippen LogP contribution in [-0.2, 0) is 130 Å². The van der Waals surface area contributed by atoms with E-state index in [1.165, 1.54) is 51.4 Å². The third-order valence-corrected chi connectivity index (χ3v) is 29.3. The van der Waals surface area contributed by atoms with E-state index >= 15 is 0 Å². The highest BCUT2D eigenvalue weighted by Gasteiger charge is 2.45. The Labute approximate surface area is 854 Å². The molecule has 12 nitrogen and oxygen atoms in total. The standard InChI is InChI=1S/3C29H24O2.C25H22O2.C22H22O4/c1-3-20-18-19-25(24-13-7-6-12-23(20)24)28(30)31-29(2)26-14-8-4-10-21(26)16-17-22-11-5-9-15-27(22)29;1-3-20-12-8-14-24-23(20)13-9-15-25(24)28(30)31-29(2)26-16-6-4-10-21(26)18-19-22-11-5-7-17-27(22)29;1-3-20-12-13-24-19-25(17-16-23(24)18-20)28(30)31-29(2)26-10-6-4-8-21(26)14-15-22-9-5-7-11-27(22)29;1-3-18-12-14-21(15-13-18)24(26)27-25(2)22-10-6-4-8-19(22)16-17-20-9-5-7-11-23(20)25;1-15(2)21(24)25-14-20(23)26-22(3)18-10-6-4-8-16(18)12-13-17-9-5-7-11-19(17)22/h3-15,18-19H,1,16-17H2,2H3;3-17H,1,18-19H2,2H3;3-13,16-19H,1,14-15H2,2H3;3-15H,1,16-17H2,2H3;4-11H,1,12-14H2,2-3H3. The molecule has 17 aromatic carbocycles. The molecule has 146 heavy (non-hydrogen) atoms. The second-order valence-electron chi connectivity index (χ2n) is 38.4. The zero-order valence-corrected chi connectivity index (χ0v) is 83.3. The maximum Gasteiger partial charge on any atom is 0.345 e. The summed E-state index contributed by atoms with van der Waals surface area (Å²) < 4.78 is 36.2. The Morgan fingerprint density at radius 2 is 0.514 bits per heavy atom. The van der Waals surface area contributed by atoms with Crippen LogP contribution in [0, 0.1) is 0 Å². The van der Waals surface area contributed by atoms with Crippen molar-refractivity contribution in [2.75, 3.05) is 6.61 Å². The van der Waals surface area contributed by atoms with Gasteiger partial charge in [-0.2, -0.15) is 0 Å². The first-order chi connectivity index (χ1) is 70.8. The highest BCUT2D eigenvalue weighted by atomic mass is 16.6. The molecule has 12 heteroatoms. The average Bonchev–Trinajstić information content (AvgIpc) is 1.57. The van der Waals surface area contributed by atoms with Crippen LogP contribution in [0.15, 0.2) is 415 Å². The van der Waals surface area contributed by atoms with Crippen molar-refractivity contribution in [2.24, 2.45) is 0 Å². The van der Waals surface area contributed by atoms with Gasteiger partial charge in [-0.1, -0.05) is 391 Å². The predicted molar refractivity (Wildman–Crippen MR) is 586 cm³/mol. The summed E-state index contributed by atoms with van der Waals surface area (Å²) in [4.78, 5) is 77.6. The van der Waals surface area contributed by atoms with Gasteiger partial charge in [0.25, 0.3) is 0 Å². The van der Waals surface area contributed by atoms with Crippen molar-refractivity contribution in [3.63, 3.8) is 0 Å². The lowest BCUT2D eigenvalue weighted by Crippen LogP contribution is -2.33. The minimum Gasteiger partial charge on any atom is -0.450 e. The summed E-state index contributed by atoms with van der Waals surface area (Å²) in [6.45, 7) is 30.0. The Kier molecular flexibility index (Phi) is 29.3. The average molecular weight is 1920 g/mol. The maximum atomic E-state index is 13.6. The Morgan fingerprint density at radius 3 is 0.856 bits per heavy atom. The summed E-state index contributed by atoms with van der Waals surface area (Å²) in [7, 11) is 0. The Morgan fingerprint density at radius 1 is 0.253 bits per heavy atom. The lowest BCUT2D eigenvalue weighted by molar-refractivity contribution is -0.165. The number of rotatable bonds is 16. The Bertz CT molecular complexity index is 7560. The van der Waals surface area contributed by atoms with Gasteiger partial charge in [-0.3, -0.25) is 0 Å². The highest BCUT2D eigenvalue weighted by Crippen LogP contribution is 2.48. The SMILES string of the molecule is C=C(C)C(=O)OCC(=O)OC1(C)c2ccccc2CCc2ccccc21.C=Cc1ccc(C(=O)OC2(C)c3ccccc3CCc3ccccc32)c2ccccc12.C=Cc1ccc(C(=O)OC2(C)c3ccccc3CCc3ccccc32)cc1.C=Cc1ccc2cc(C(=O)OC3(C)c4ccccc4CCc4ccccc43)ccc2c1.C=Cc1cccc2c(C(=O)OC3(C)c4ccccc4CCc4ccccc43)cccc12. The first-order valence-corrected chi connectivity index (χ1v) is 49.8. The fourth-order valence-electron chi connectivity index (χ4n) is 21.8. The van der Waals surface area contributed by atoms with Gasteiger partial charge in [-0.05, 0) is 258 Å². The van der Waals surface area contributed by atoms with Gasteiger partial charge in [0.05, 0.1) is 22.3 Å². The molecule has 5 aliphatic carbocycles. The lowest BCUT2D eigenvalue weighted by Gasteiger charge is -2.32. The number of aryl methyl sites for hydroxylation is 10. The first kappa shape index (κ1) is 99.2. The molecule has 724 valence electrons. The van der Waals surface area contributed by atoms with E-state index in [-0.39, 0.29) is 29.5 Å². The van der Waals surface area contributed by atoms with Gasteiger partial charge in [-0.25, -0.2) is 28.8 Å². The van der Waals surface area contributed by atoms with Crippen LogP contribution in [0.4, 0.5) is 0 Å². The van der Waals surface area contributed by atoms with Gasteiger partial charge in [0.15, 0.2) is 34.6 Å². The second kappa shape index (κ2) is 43.1.